The fourth-order valence-corrected chi connectivity index (χ4v) is 2.74. The van der Waals surface area contributed by atoms with E-state index in [9.17, 15) is 9.59 Å². The third-order valence-corrected chi connectivity index (χ3v) is 4.00. The maximum Gasteiger partial charge on any atom is 0.315 e. The molecule has 1 aliphatic rings. The van der Waals surface area contributed by atoms with Crippen molar-refractivity contribution in [3.8, 4) is 0 Å². The Labute approximate surface area is 114 Å². The van der Waals surface area contributed by atoms with Crippen molar-refractivity contribution in [2.24, 2.45) is 5.92 Å². The summed E-state index contributed by atoms with van der Waals surface area (Å²) >= 11 is 3.49. The van der Waals surface area contributed by atoms with E-state index in [1.807, 2.05) is 18.2 Å². The van der Waals surface area contributed by atoms with Gasteiger partial charge in [-0.25, -0.2) is 0 Å². The van der Waals surface area contributed by atoms with Crippen molar-refractivity contribution in [2.45, 2.75) is 19.9 Å². The van der Waals surface area contributed by atoms with Crippen molar-refractivity contribution >= 4 is 27.8 Å². The number of nitrogens with zero attached hydrogens (tertiary/aromatic N) is 1. The molecule has 2 rings (SSSR count). The van der Waals surface area contributed by atoms with Crippen molar-refractivity contribution in [3.63, 3.8) is 0 Å². The van der Waals surface area contributed by atoms with E-state index in [0.717, 1.165) is 16.5 Å². The lowest BCUT2D eigenvalue weighted by molar-refractivity contribution is -0.150. The Morgan fingerprint density at radius 2 is 2.17 bits per heavy atom. The number of carboxylic acid groups (broad SMARTS) is 1. The molecule has 1 unspecified atom stereocenters. The molecule has 96 valence electrons. The Morgan fingerprint density at radius 1 is 1.44 bits per heavy atom. The van der Waals surface area contributed by atoms with Crippen LogP contribution in [0.4, 0.5) is 0 Å². The number of halogens is 1. The number of fused-ring (bicyclic) bond motifs is 1. The number of amides is 1. The summed E-state index contributed by atoms with van der Waals surface area (Å²) in [6.45, 7) is 2.50. The number of hydrogen-bond donors (Lipinski definition) is 1. The largest absolute Gasteiger partial charge is 0.481 e. The third kappa shape index (κ3) is 2.41. The van der Waals surface area contributed by atoms with Crippen LogP contribution in [0.1, 0.15) is 18.1 Å². The molecule has 4 nitrogen and oxygen atoms in total. The highest BCUT2D eigenvalue weighted by Crippen LogP contribution is 2.26. The quantitative estimate of drug-likeness (QED) is 0.851. The van der Waals surface area contributed by atoms with Crippen LogP contribution in [-0.4, -0.2) is 28.4 Å². The van der Waals surface area contributed by atoms with Crippen molar-refractivity contribution in [1.29, 1.82) is 0 Å². The minimum absolute atomic E-state index is 0.312. The molecular formula is C13H14BrNO3. The lowest BCUT2D eigenvalue weighted by atomic mass is 9.98. The van der Waals surface area contributed by atoms with Crippen LogP contribution in [0.3, 0.4) is 0 Å². The second-order valence-corrected chi connectivity index (χ2v) is 5.30. The highest BCUT2D eigenvalue weighted by molar-refractivity contribution is 9.10. The van der Waals surface area contributed by atoms with Crippen LogP contribution in [-0.2, 0) is 22.6 Å². The molecule has 18 heavy (non-hydrogen) atoms. The molecule has 0 bridgehead atoms. The van der Waals surface area contributed by atoms with Gasteiger partial charge in [-0.2, -0.15) is 0 Å². The van der Waals surface area contributed by atoms with Crippen LogP contribution in [0.2, 0.25) is 0 Å². The Morgan fingerprint density at radius 3 is 2.83 bits per heavy atom. The van der Waals surface area contributed by atoms with Crippen LogP contribution in [0.15, 0.2) is 22.7 Å². The van der Waals surface area contributed by atoms with Crippen molar-refractivity contribution in [2.75, 3.05) is 6.54 Å². The van der Waals surface area contributed by atoms with Gasteiger partial charge in [0.2, 0.25) is 5.91 Å². The Hall–Kier alpha value is -1.36. The number of carboxylic acids is 1. The van der Waals surface area contributed by atoms with E-state index in [4.69, 9.17) is 5.11 Å². The molecule has 0 spiro atoms. The predicted octanol–water partition coefficient (Wildman–Crippen LogP) is 2.05. The predicted molar refractivity (Wildman–Crippen MR) is 70.1 cm³/mol. The van der Waals surface area contributed by atoms with Gasteiger partial charge in [-0.1, -0.05) is 28.1 Å². The van der Waals surface area contributed by atoms with E-state index in [0.29, 0.717) is 13.1 Å². The van der Waals surface area contributed by atoms with E-state index in [2.05, 4.69) is 15.9 Å². The van der Waals surface area contributed by atoms with Crippen LogP contribution in [0, 0.1) is 5.92 Å². The first-order valence-electron chi connectivity index (χ1n) is 5.78. The smallest absolute Gasteiger partial charge is 0.315 e. The van der Waals surface area contributed by atoms with Gasteiger partial charge in [0.1, 0.15) is 5.92 Å². The lowest BCUT2D eigenvalue weighted by Crippen LogP contribution is -2.41. The molecule has 0 saturated heterocycles. The first-order chi connectivity index (χ1) is 8.50. The average molecular weight is 312 g/mol. The zero-order valence-electron chi connectivity index (χ0n) is 10.0. The zero-order valence-corrected chi connectivity index (χ0v) is 11.6. The lowest BCUT2D eigenvalue weighted by Gasteiger charge is -2.30. The minimum Gasteiger partial charge on any atom is -0.481 e. The summed E-state index contributed by atoms with van der Waals surface area (Å²) < 4.78 is 1.05. The van der Waals surface area contributed by atoms with Gasteiger partial charge in [0.25, 0.3) is 0 Å². The molecule has 0 radical (unpaired) electrons. The van der Waals surface area contributed by atoms with Gasteiger partial charge in [0.05, 0.1) is 0 Å². The summed E-state index contributed by atoms with van der Waals surface area (Å²) in [5, 5.41) is 8.87. The van der Waals surface area contributed by atoms with Gasteiger partial charge in [-0.05, 0) is 30.5 Å². The Balaban J connectivity index is 2.18. The van der Waals surface area contributed by atoms with E-state index in [1.165, 1.54) is 12.5 Å². The topological polar surface area (TPSA) is 57.6 Å². The molecule has 0 saturated carbocycles. The molecule has 0 aliphatic carbocycles. The number of aliphatic carboxylic acids is 1. The number of benzene rings is 1. The van der Waals surface area contributed by atoms with Crippen molar-refractivity contribution in [3.05, 3.63) is 33.8 Å². The standard InChI is InChI=1S/C13H14BrNO3/c1-8(13(17)18)12(16)15-6-5-10-9(7-15)3-2-4-11(10)14/h2-4,8H,5-7H2,1H3,(H,17,18). The minimum atomic E-state index is -1.07. The molecule has 1 aromatic rings. The molecule has 1 heterocycles. The first-order valence-corrected chi connectivity index (χ1v) is 6.58. The van der Waals surface area contributed by atoms with Crippen LogP contribution in [0.5, 0.6) is 0 Å². The van der Waals surface area contributed by atoms with Gasteiger partial charge < -0.3 is 10.0 Å². The van der Waals surface area contributed by atoms with Crippen LogP contribution < -0.4 is 0 Å². The molecule has 5 heteroatoms. The zero-order chi connectivity index (χ0) is 13.3. The van der Waals surface area contributed by atoms with E-state index in [-0.39, 0.29) is 5.91 Å². The van der Waals surface area contributed by atoms with E-state index in [1.54, 1.807) is 4.90 Å². The van der Waals surface area contributed by atoms with E-state index >= 15 is 0 Å². The normalized spacial score (nSPS) is 16.0. The van der Waals surface area contributed by atoms with Gasteiger partial charge in [0, 0.05) is 17.6 Å². The number of carbonyl (C=O) groups is 2. The number of rotatable bonds is 2. The monoisotopic (exact) mass is 311 g/mol. The van der Waals surface area contributed by atoms with Gasteiger partial charge in [-0.15, -0.1) is 0 Å². The second kappa shape index (κ2) is 5.10. The summed E-state index contributed by atoms with van der Waals surface area (Å²) in [4.78, 5) is 24.4. The molecule has 1 amide bonds. The maximum absolute atomic E-state index is 12.0. The van der Waals surface area contributed by atoms with E-state index < -0.39 is 11.9 Å². The second-order valence-electron chi connectivity index (χ2n) is 4.45. The highest BCUT2D eigenvalue weighted by Gasteiger charge is 2.28. The molecule has 0 aromatic heterocycles. The molecule has 1 atom stereocenters. The molecule has 1 aromatic carbocycles. The summed E-state index contributed by atoms with van der Waals surface area (Å²) in [6, 6.07) is 5.89. The number of hydrogen-bond acceptors (Lipinski definition) is 2. The summed E-state index contributed by atoms with van der Waals surface area (Å²) in [5.74, 6) is -2.35. The third-order valence-electron chi connectivity index (χ3n) is 3.26. The molecular weight excluding hydrogens is 298 g/mol. The Bertz CT molecular complexity index is 501. The summed E-state index contributed by atoms with van der Waals surface area (Å²) in [7, 11) is 0. The first kappa shape index (κ1) is 13.1. The van der Waals surface area contributed by atoms with Gasteiger partial charge >= 0.3 is 5.97 Å². The van der Waals surface area contributed by atoms with Crippen LogP contribution in [0.25, 0.3) is 0 Å². The molecule has 0 fully saturated rings. The fraction of sp³-hybridized carbons (Fsp3) is 0.385. The maximum atomic E-state index is 12.0. The Kier molecular flexibility index (Phi) is 3.71. The van der Waals surface area contributed by atoms with Crippen LogP contribution >= 0.6 is 15.9 Å². The molecule has 1 aliphatic heterocycles. The van der Waals surface area contributed by atoms with Gasteiger partial charge in [0.15, 0.2) is 0 Å². The highest BCUT2D eigenvalue weighted by atomic mass is 79.9. The average Bonchev–Trinajstić information content (AvgIpc) is 2.36. The number of carbonyl (C=O) groups excluding carboxylic acids is 1. The van der Waals surface area contributed by atoms with Crippen molar-refractivity contribution < 1.29 is 14.7 Å². The summed E-state index contributed by atoms with van der Waals surface area (Å²) in [6.07, 6.45) is 0.759. The summed E-state index contributed by atoms with van der Waals surface area (Å²) in [5.41, 5.74) is 2.30. The molecule has 1 N–H and O–H groups in total. The van der Waals surface area contributed by atoms with Gasteiger partial charge in [-0.3, -0.25) is 9.59 Å². The van der Waals surface area contributed by atoms with Crippen molar-refractivity contribution in [1.82, 2.24) is 4.90 Å². The SMILES string of the molecule is CC(C(=O)O)C(=O)N1CCc2c(Br)cccc2C1. The fourth-order valence-electron chi connectivity index (χ4n) is 2.13.